The zero-order valence-electron chi connectivity index (χ0n) is 9.60. The van der Waals surface area contributed by atoms with Crippen LogP contribution in [0.25, 0.3) is 0 Å². The zero-order chi connectivity index (χ0) is 12.1. The third-order valence-corrected chi connectivity index (χ3v) is 2.70. The molecule has 0 aromatic carbocycles. The maximum Gasteiger partial charge on any atom is 0.323 e. The van der Waals surface area contributed by atoms with E-state index in [2.05, 4.69) is 5.32 Å². The number of hydrogen-bond donors (Lipinski definition) is 2. The van der Waals surface area contributed by atoms with Gasteiger partial charge in [-0.15, -0.1) is 0 Å². The molecule has 1 saturated heterocycles. The third-order valence-electron chi connectivity index (χ3n) is 2.70. The van der Waals surface area contributed by atoms with Gasteiger partial charge in [-0.2, -0.15) is 0 Å². The second kappa shape index (κ2) is 5.81. The first-order valence-electron chi connectivity index (χ1n) is 5.43. The zero-order valence-corrected chi connectivity index (χ0v) is 9.60. The number of nitrogens with one attached hydrogen (secondary N) is 1. The maximum atomic E-state index is 11.5. The predicted molar refractivity (Wildman–Crippen MR) is 57.1 cm³/mol. The van der Waals surface area contributed by atoms with E-state index in [1.165, 1.54) is 0 Å². The molecule has 6 heteroatoms. The van der Waals surface area contributed by atoms with Crippen molar-refractivity contribution in [1.82, 2.24) is 10.2 Å². The lowest BCUT2D eigenvalue weighted by Crippen LogP contribution is -2.59. The first kappa shape index (κ1) is 12.9. The molecular formula is C10H18N2O4. The molecular weight excluding hydrogens is 212 g/mol. The van der Waals surface area contributed by atoms with Crippen LogP contribution in [0.5, 0.6) is 0 Å². The van der Waals surface area contributed by atoms with Gasteiger partial charge < -0.3 is 15.2 Å². The molecule has 6 nitrogen and oxygen atoms in total. The Kier molecular flexibility index (Phi) is 4.70. The number of aliphatic carboxylic acids is 1. The minimum absolute atomic E-state index is 0.313. The van der Waals surface area contributed by atoms with E-state index in [1.54, 1.807) is 18.7 Å². The highest BCUT2D eigenvalue weighted by atomic mass is 16.5. The largest absolute Gasteiger partial charge is 0.480 e. The summed E-state index contributed by atoms with van der Waals surface area (Å²) in [6.45, 7) is 5.31. The molecule has 2 atom stereocenters. The lowest BCUT2D eigenvalue weighted by Gasteiger charge is -2.36. The summed E-state index contributed by atoms with van der Waals surface area (Å²) in [6.07, 6.45) is 0. The number of piperazine rings is 1. The van der Waals surface area contributed by atoms with Crippen molar-refractivity contribution in [2.75, 3.05) is 26.2 Å². The van der Waals surface area contributed by atoms with E-state index in [4.69, 9.17) is 9.84 Å². The van der Waals surface area contributed by atoms with Crippen molar-refractivity contribution in [2.24, 2.45) is 0 Å². The normalized spacial score (nSPS) is 23.8. The summed E-state index contributed by atoms with van der Waals surface area (Å²) in [5.41, 5.74) is 0. The van der Waals surface area contributed by atoms with Crippen molar-refractivity contribution >= 4 is 11.9 Å². The van der Waals surface area contributed by atoms with Crippen LogP contribution in [0.3, 0.4) is 0 Å². The number of carbonyl (C=O) groups is 2. The Hall–Kier alpha value is -1.14. The molecule has 1 fully saturated rings. The minimum atomic E-state index is -0.914. The monoisotopic (exact) mass is 230 g/mol. The fourth-order valence-corrected chi connectivity index (χ4v) is 1.81. The lowest BCUT2D eigenvalue weighted by molar-refractivity contribution is -0.154. The summed E-state index contributed by atoms with van der Waals surface area (Å²) < 4.78 is 4.89. The Bertz CT molecular complexity index is 270. The van der Waals surface area contributed by atoms with Gasteiger partial charge in [0.2, 0.25) is 0 Å². The van der Waals surface area contributed by atoms with E-state index < -0.39 is 18.1 Å². The van der Waals surface area contributed by atoms with Gasteiger partial charge in [-0.25, -0.2) is 0 Å². The van der Waals surface area contributed by atoms with Gasteiger partial charge in [0.05, 0.1) is 6.61 Å². The van der Waals surface area contributed by atoms with Crippen molar-refractivity contribution in [3.8, 4) is 0 Å². The summed E-state index contributed by atoms with van der Waals surface area (Å²) in [5, 5.41) is 12.0. The first-order chi connectivity index (χ1) is 7.57. The Morgan fingerprint density at radius 3 is 2.88 bits per heavy atom. The fraction of sp³-hybridized carbons (Fsp3) is 0.800. The molecule has 1 aliphatic heterocycles. The lowest BCUT2D eigenvalue weighted by atomic mass is 10.1. The quantitative estimate of drug-likeness (QED) is 0.622. The molecule has 0 amide bonds. The Morgan fingerprint density at radius 2 is 2.31 bits per heavy atom. The smallest absolute Gasteiger partial charge is 0.323 e. The molecule has 2 N–H and O–H groups in total. The second-order valence-electron chi connectivity index (χ2n) is 3.72. The highest BCUT2D eigenvalue weighted by Gasteiger charge is 2.34. The Balaban J connectivity index is 2.67. The number of rotatable bonds is 4. The van der Waals surface area contributed by atoms with E-state index in [-0.39, 0.29) is 5.97 Å². The molecule has 1 rings (SSSR count). The summed E-state index contributed by atoms with van der Waals surface area (Å²) in [6, 6.07) is -1.17. The van der Waals surface area contributed by atoms with Crippen molar-refractivity contribution in [3.63, 3.8) is 0 Å². The van der Waals surface area contributed by atoms with Crippen molar-refractivity contribution in [1.29, 1.82) is 0 Å². The number of carboxylic acids is 1. The molecule has 0 radical (unpaired) electrons. The number of hydrogen-bond acceptors (Lipinski definition) is 5. The van der Waals surface area contributed by atoms with Crippen molar-refractivity contribution in [3.05, 3.63) is 0 Å². The number of ether oxygens (including phenoxy) is 1. The molecule has 0 aliphatic carbocycles. The number of carboxylic acid groups (broad SMARTS) is 1. The average molecular weight is 230 g/mol. The molecule has 1 heterocycles. The summed E-state index contributed by atoms with van der Waals surface area (Å²) in [7, 11) is 0. The SMILES string of the molecule is CCOC(=O)C(C)N1CCNCC1C(=O)O. The van der Waals surface area contributed by atoms with Gasteiger partial charge in [-0.05, 0) is 13.8 Å². The van der Waals surface area contributed by atoms with Gasteiger partial charge in [-0.1, -0.05) is 0 Å². The molecule has 16 heavy (non-hydrogen) atoms. The number of nitrogens with zero attached hydrogens (tertiary/aromatic N) is 1. The molecule has 2 unspecified atom stereocenters. The van der Waals surface area contributed by atoms with Crippen LogP contribution in [0, 0.1) is 0 Å². The number of carbonyl (C=O) groups excluding carboxylic acids is 1. The van der Waals surface area contributed by atoms with E-state index in [0.29, 0.717) is 26.2 Å². The molecule has 1 aliphatic rings. The van der Waals surface area contributed by atoms with Crippen LogP contribution >= 0.6 is 0 Å². The van der Waals surface area contributed by atoms with E-state index in [1.807, 2.05) is 0 Å². The fourth-order valence-electron chi connectivity index (χ4n) is 1.81. The van der Waals surface area contributed by atoms with Crippen molar-refractivity contribution < 1.29 is 19.4 Å². The van der Waals surface area contributed by atoms with Crippen LogP contribution in [-0.4, -0.2) is 60.3 Å². The van der Waals surface area contributed by atoms with Crippen LogP contribution in [0.15, 0.2) is 0 Å². The molecule has 0 aromatic heterocycles. The van der Waals surface area contributed by atoms with Crippen LogP contribution < -0.4 is 5.32 Å². The van der Waals surface area contributed by atoms with E-state index in [0.717, 1.165) is 0 Å². The van der Waals surface area contributed by atoms with Gasteiger partial charge in [0.1, 0.15) is 12.1 Å². The second-order valence-corrected chi connectivity index (χ2v) is 3.72. The van der Waals surface area contributed by atoms with Crippen LogP contribution in [0.4, 0.5) is 0 Å². The average Bonchev–Trinajstić information content (AvgIpc) is 2.28. The third kappa shape index (κ3) is 2.93. The number of esters is 1. The van der Waals surface area contributed by atoms with Crippen LogP contribution in [0.2, 0.25) is 0 Å². The Labute approximate surface area is 94.6 Å². The van der Waals surface area contributed by atoms with Crippen LogP contribution in [-0.2, 0) is 14.3 Å². The van der Waals surface area contributed by atoms with Gasteiger partial charge in [-0.3, -0.25) is 14.5 Å². The highest BCUT2D eigenvalue weighted by Crippen LogP contribution is 2.10. The van der Waals surface area contributed by atoms with E-state index in [9.17, 15) is 9.59 Å². The summed E-state index contributed by atoms with van der Waals surface area (Å²) in [4.78, 5) is 24.2. The summed E-state index contributed by atoms with van der Waals surface area (Å²) in [5.74, 6) is -1.28. The van der Waals surface area contributed by atoms with Gasteiger partial charge >= 0.3 is 11.9 Å². The first-order valence-corrected chi connectivity index (χ1v) is 5.43. The topological polar surface area (TPSA) is 78.9 Å². The van der Waals surface area contributed by atoms with Gasteiger partial charge in [0.25, 0.3) is 0 Å². The maximum absolute atomic E-state index is 11.5. The molecule has 0 aromatic rings. The molecule has 0 saturated carbocycles. The van der Waals surface area contributed by atoms with Crippen LogP contribution in [0.1, 0.15) is 13.8 Å². The van der Waals surface area contributed by atoms with Gasteiger partial charge in [0, 0.05) is 19.6 Å². The van der Waals surface area contributed by atoms with Crippen molar-refractivity contribution in [2.45, 2.75) is 25.9 Å². The molecule has 0 spiro atoms. The predicted octanol–water partition coefficient (Wildman–Crippen LogP) is -0.704. The van der Waals surface area contributed by atoms with Gasteiger partial charge in [0.15, 0.2) is 0 Å². The highest BCUT2D eigenvalue weighted by molar-refractivity contribution is 5.78. The standard InChI is InChI=1S/C10H18N2O4/c1-3-16-10(15)7(2)12-5-4-11-6-8(12)9(13)14/h7-8,11H,3-6H2,1-2H3,(H,13,14). The summed E-state index contributed by atoms with van der Waals surface area (Å²) >= 11 is 0. The Morgan fingerprint density at radius 1 is 1.62 bits per heavy atom. The molecule has 0 bridgehead atoms. The minimum Gasteiger partial charge on any atom is -0.480 e. The molecule has 92 valence electrons. The van der Waals surface area contributed by atoms with E-state index >= 15 is 0 Å².